The van der Waals surface area contributed by atoms with Crippen molar-refractivity contribution in [3.05, 3.63) is 35.4 Å². The van der Waals surface area contributed by atoms with Crippen LogP contribution in [-0.2, 0) is 19.2 Å². The molecule has 1 saturated carbocycles. The first-order valence-electron chi connectivity index (χ1n) is 16.4. The summed E-state index contributed by atoms with van der Waals surface area (Å²) in [7, 11) is 0. The van der Waals surface area contributed by atoms with Gasteiger partial charge in [-0.25, -0.2) is 4.79 Å². The molecule has 1 aromatic rings. The number of ketones is 1. The van der Waals surface area contributed by atoms with Crippen molar-refractivity contribution in [2.24, 2.45) is 22.5 Å². The largest absolute Gasteiger partial charge is 0.363 e. The number of carbonyl (C=O) groups excluding carboxylic acids is 7. The Morgan fingerprint density at radius 2 is 1.45 bits per heavy atom. The maximum absolute atomic E-state index is 14.0. The zero-order valence-electron chi connectivity index (χ0n) is 28.2. The fourth-order valence-corrected chi connectivity index (χ4v) is 6.31. The summed E-state index contributed by atoms with van der Waals surface area (Å²) < 4.78 is 0. The molecule has 13 nitrogen and oxygen atoms in total. The van der Waals surface area contributed by atoms with E-state index in [0.717, 1.165) is 24.2 Å². The fourth-order valence-electron chi connectivity index (χ4n) is 6.31. The molecule has 47 heavy (non-hydrogen) atoms. The number of hydrogen-bond acceptors (Lipinski definition) is 7. The number of amides is 7. The van der Waals surface area contributed by atoms with Gasteiger partial charge in [0.15, 0.2) is 0 Å². The Morgan fingerprint density at radius 3 is 1.94 bits per heavy atom. The van der Waals surface area contributed by atoms with Gasteiger partial charge in [-0.1, -0.05) is 72.9 Å². The molecule has 1 aromatic carbocycles. The highest BCUT2D eigenvalue weighted by molar-refractivity contribution is 6.37. The van der Waals surface area contributed by atoms with Crippen LogP contribution in [-0.4, -0.2) is 88.4 Å². The Bertz CT molecular complexity index is 1410. The van der Waals surface area contributed by atoms with E-state index in [4.69, 9.17) is 5.73 Å². The summed E-state index contributed by atoms with van der Waals surface area (Å²) in [6.45, 7) is 11.2. The first-order chi connectivity index (χ1) is 21.9. The van der Waals surface area contributed by atoms with Gasteiger partial charge in [-0.15, -0.1) is 0 Å². The van der Waals surface area contributed by atoms with Gasteiger partial charge < -0.3 is 26.6 Å². The van der Waals surface area contributed by atoms with E-state index in [1.807, 2.05) is 20.8 Å². The van der Waals surface area contributed by atoms with Crippen LogP contribution >= 0.6 is 0 Å². The molecule has 4 unspecified atom stereocenters. The van der Waals surface area contributed by atoms with Crippen LogP contribution in [0.4, 0.5) is 4.79 Å². The zero-order valence-corrected chi connectivity index (χ0v) is 28.2. The Labute approximate surface area is 275 Å². The molecule has 2 aliphatic heterocycles. The lowest BCUT2D eigenvalue weighted by molar-refractivity contribution is -0.143. The van der Waals surface area contributed by atoms with Gasteiger partial charge in [-0.3, -0.25) is 33.7 Å². The summed E-state index contributed by atoms with van der Waals surface area (Å²) in [4.78, 5) is 93.9. The van der Waals surface area contributed by atoms with Gasteiger partial charge in [0, 0.05) is 6.54 Å². The van der Waals surface area contributed by atoms with Crippen LogP contribution in [0.15, 0.2) is 24.3 Å². The number of fused-ring (bicyclic) bond motifs is 1. The van der Waals surface area contributed by atoms with Crippen molar-refractivity contribution in [1.29, 1.82) is 0 Å². The van der Waals surface area contributed by atoms with E-state index in [1.165, 1.54) is 4.90 Å². The molecule has 2 fully saturated rings. The molecule has 5 N–H and O–H groups in total. The summed E-state index contributed by atoms with van der Waals surface area (Å²) in [6.07, 6.45) is 4.04. The monoisotopic (exact) mass is 652 g/mol. The number of imide groups is 1. The average Bonchev–Trinajstić information content (AvgIpc) is 3.55. The lowest BCUT2D eigenvalue weighted by atomic mass is 9.80. The van der Waals surface area contributed by atoms with Gasteiger partial charge in [0.25, 0.3) is 17.7 Å². The number of nitrogens with one attached hydrogen (secondary N) is 3. The van der Waals surface area contributed by atoms with Crippen molar-refractivity contribution in [1.82, 2.24) is 25.8 Å². The molecule has 0 bridgehead atoms. The van der Waals surface area contributed by atoms with Crippen molar-refractivity contribution < 1.29 is 33.6 Å². The van der Waals surface area contributed by atoms with E-state index in [1.54, 1.807) is 45.0 Å². The van der Waals surface area contributed by atoms with Crippen LogP contribution < -0.4 is 21.7 Å². The predicted octanol–water partition coefficient (Wildman–Crippen LogP) is 2.13. The zero-order chi connectivity index (χ0) is 34.8. The Kier molecular flexibility index (Phi) is 10.5. The van der Waals surface area contributed by atoms with E-state index in [9.17, 15) is 33.6 Å². The van der Waals surface area contributed by atoms with Crippen LogP contribution in [0.2, 0.25) is 0 Å². The Morgan fingerprint density at radius 1 is 0.851 bits per heavy atom. The number of Topliss-reactive ketones (excluding diaryl/α,β-unsaturated/α-hetero) is 1. The summed E-state index contributed by atoms with van der Waals surface area (Å²) in [5.41, 5.74) is 4.54. The van der Waals surface area contributed by atoms with Crippen molar-refractivity contribution in [3.8, 4) is 0 Å². The second kappa shape index (κ2) is 13.8. The smallest absolute Gasteiger partial charge is 0.315 e. The molecule has 2 heterocycles. The van der Waals surface area contributed by atoms with Crippen molar-refractivity contribution >= 4 is 41.4 Å². The Hall–Kier alpha value is -4.29. The molecule has 0 aromatic heterocycles. The maximum Gasteiger partial charge on any atom is 0.315 e. The van der Waals surface area contributed by atoms with E-state index in [2.05, 4.69) is 16.0 Å². The number of nitrogens with zero attached hydrogens (tertiary/aromatic N) is 2. The minimum Gasteiger partial charge on any atom is -0.363 e. The second-order valence-corrected chi connectivity index (χ2v) is 15.1. The highest BCUT2D eigenvalue weighted by Crippen LogP contribution is 2.32. The molecule has 0 spiro atoms. The van der Waals surface area contributed by atoms with Crippen LogP contribution in [0.25, 0.3) is 0 Å². The van der Waals surface area contributed by atoms with E-state index in [0.29, 0.717) is 30.4 Å². The third-order valence-electron chi connectivity index (χ3n) is 9.49. The molecular weight excluding hydrogens is 604 g/mol. The van der Waals surface area contributed by atoms with Crippen LogP contribution in [0.5, 0.6) is 0 Å². The third kappa shape index (κ3) is 7.99. The molecule has 3 aliphatic rings. The molecular formula is C34H48N6O7. The molecule has 1 aliphatic carbocycles. The molecule has 13 heteroatoms. The molecule has 0 radical (unpaired) electrons. The van der Waals surface area contributed by atoms with Gasteiger partial charge in [-0.2, -0.15) is 0 Å². The SMILES string of the molecule is CC(C)(C)C(CN1C(=O)c2ccccc2C1=O)NC(=O)NC(C(=O)N1CCCC1C(=O)NC(CC1CCC1)C(=O)C(N)=O)C(C)(C)C. The van der Waals surface area contributed by atoms with Crippen LogP contribution in [0.3, 0.4) is 0 Å². The standard InChI is InChI=1S/C34H48N6O7/c1-33(2,3)24(18-40-29(44)20-13-7-8-14-21(20)30(40)45)37-32(47)38-26(34(4,5)6)31(46)39-16-10-15-23(39)28(43)36-22(25(41)27(35)42)17-19-11-9-12-19/h7-8,13-14,19,22-24,26H,9-12,15-18H2,1-6H3,(H2,35,42)(H,36,43)(H2,37,38,47). The second-order valence-electron chi connectivity index (χ2n) is 15.1. The Balaban J connectivity index is 1.46. The molecule has 4 rings (SSSR count). The maximum atomic E-state index is 14.0. The normalized spacial score (nSPS) is 20.2. The average molecular weight is 653 g/mol. The van der Waals surface area contributed by atoms with Crippen molar-refractivity contribution in [2.45, 2.75) is 104 Å². The topological polar surface area (TPSA) is 188 Å². The van der Waals surface area contributed by atoms with E-state index >= 15 is 0 Å². The highest BCUT2D eigenvalue weighted by Gasteiger charge is 2.44. The van der Waals surface area contributed by atoms with Crippen LogP contribution in [0, 0.1) is 16.7 Å². The number of likely N-dealkylation sites (tertiary alicyclic amines) is 1. The summed E-state index contributed by atoms with van der Waals surface area (Å²) in [5.74, 6) is -3.64. The lowest BCUT2D eigenvalue weighted by Crippen LogP contribution is -2.62. The summed E-state index contributed by atoms with van der Waals surface area (Å²) in [6, 6.07) is 2.24. The first-order valence-corrected chi connectivity index (χ1v) is 16.4. The number of benzene rings is 1. The van der Waals surface area contributed by atoms with Gasteiger partial charge >= 0.3 is 6.03 Å². The number of nitrogens with two attached hydrogens (primary N) is 1. The fraction of sp³-hybridized carbons (Fsp3) is 0.618. The van der Waals surface area contributed by atoms with Crippen LogP contribution in [0.1, 0.15) is 101 Å². The number of carbonyl (C=O) groups is 7. The first kappa shape index (κ1) is 35.6. The minimum absolute atomic E-state index is 0.0716. The number of rotatable bonds is 11. The van der Waals surface area contributed by atoms with E-state index in [-0.39, 0.29) is 19.0 Å². The summed E-state index contributed by atoms with van der Waals surface area (Å²) in [5, 5.41) is 8.37. The highest BCUT2D eigenvalue weighted by atomic mass is 16.2. The quantitative estimate of drug-likeness (QED) is 0.208. The molecule has 256 valence electrons. The molecule has 1 saturated heterocycles. The van der Waals surface area contributed by atoms with E-state index < -0.39 is 76.3 Å². The van der Waals surface area contributed by atoms with Gasteiger partial charge in [0.2, 0.25) is 17.6 Å². The predicted molar refractivity (Wildman–Crippen MR) is 173 cm³/mol. The number of hydrogen-bond donors (Lipinski definition) is 4. The van der Waals surface area contributed by atoms with Gasteiger partial charge in [-0.05, 0) is 48.1 Å². The number of urea groups is 1. The third-order valence-corrected chi connectivity index (χ3v) is 9.49. The van der Waals surface area contributed by atoms with Gasteiger partial charge in [0.05, 0.1) is 29.8 Å². The minimum atomic E-state index is -1.12. The lowest BCUT2D eigenvalue weighted by Gasteiger charge is -2.37. The molecule has 7 amide bonds. The van der Waals surface area contributed by atoms with Crippen molar-refractivity contribution in [3.63, 3.8) is 0 Å². The number of primary amides is 1. The van der Waals surface area contributed by atoms with Crippen molar-refractivity contribution in [2.75, 3.05) is 13.1 Å². The summed E-state index contributed by atoms with van der Waals surface area (Å²) >= 11 is 0. The molecule has 4 atom stereocenters. The van der Waals surface area contributed by atoms with Gasteiger partial charge in [0.1, 0.15) is 12.1 Å².